The molecule has 1 aliphatic heterocycles. The number of methoxy groups -OCH3 is 2. The van der Waals surface area contributed by atoms with Crippen LogP contribution in [0.15, 0.2) is 42.5 Å². The van der Waals surface area contributed by atoms with Gasteiger partial charge in [0.15, 0.2) is 0 Å². The molecule has 0 unspecified atom stereocenters. The van der Waals surface area contributed by atoms with E-state index in [2.05, 4.69) is 11.4 Å². The fraction of sp³-hybridized carbons (Fsp3) is 0.350. The van der Waals surface area contributed by atoms with Gasteiger partial charge in [0.05, 0.1) is 13.7 Å². The number of anilines is 1. The summed E-state index contributed by atoms with van der Waals surface area (Å²) in [6.45, 7) is 1.84. The van der Waals surface area contributed by atoms with Gasteiger partial charge in [-0.15, -0.1) is 0 Å². The zero-order valence-electron chi connectivity index (χ0n) is 14.7. The second-order valence-electron chi connectivity index (χ2n) is 6.11. The number of carbonyl (C=O) groups excluding carboxylic acids is 1. The highest BCUT2D eigenvalue weighted by atomic mass is 16.5. The highest BCUT2D eigenvalue weighted by Crippen LogP contribution is 2.26. The highest BCUT2D eigenvalue weighted by molar-refractivity contribution is 5.90. The second kappa shape index (κ2) is 8.03. The summed E-state index contributed by atoms with van der Waals surface area (Å²) in [6.07, 6.45) is 1.63. The molecular formula is C20H24N2O3. The molecule has 2 aromatic carbocycles. The van der Waals surface area contributed by atoms with Gasteiger partial charge in [0, 0.05) is 31.5 Å². The largest absolute Gasteiger partial charge is 0.496 e. The SMILES string of the molecule is COCc1ccccc1NC(=O)N1CCc2cccc(OC)c2CC1. The lowest BCUT2D eigenvalue weighted by Crippen LogP contribution is -2.37. The number of nitrogens with zero attached hydrogens (tertiary/aromatic N) is 1. The Bertz CT molecular complexity index is 745. The third-order valence-electron chi connectivity index (χ3n) is 4.58. The normalized spacial score (nSPS) is 13.8. The second-order valence-corrected chi connectivity index (χ2v) is 6.11. The predicted molar refractivity (Wildman–Crippen MR) is 98.1 cm³/mol. The number of rotatable bonds is 4. The Morgan fingerprint density at radius 1 is 1.08 bits per heavy atom. The topological polar surface area (TPSA) is 50.8 Å². The van der Waals surface area contributed by atoms with Crippen molar-refractivity contribution < 1.29 is 14.3 Å². The zero-order valence-corrected chi connectivity index (χ0v) is 14.7. The molecule has 0 aromatic heterocycles. The number of fused-ring (bicyclic) bond motifs is 1. The van der Waals surface area contributed by atoms with Crippen LogP contribution in [-0.2, 0) is 24.2 Å². The van der Waals surface area contributed by atoms with Crippen molar-refractivity contribution >= 4 is 11.7 Å². The number of para-hydroxylation sites is 1. The van der Waals surface area contributed by atoms with Crippen molar-refractivity contribution in [2.45, 2.75) is 19.4 Å². The van der Waals surface area contributed by atoms with Crippen LogP contribution in [0.5, 0.6) is 5.75 Å². The molecule has 5 heteroatoms. The van der Waals surface area contributed by atoms with E-state index in [4.69, 9.17) is 9.47 Å². The van der Waals surface area contributed by atoms with Crippen LogP contribution < -0.4 is 10.1 Å². The monoisotopic (exact) mass is 340 g/mol. The number of carbonyl (C=O) groups is 1. The molecule has 0 saturated heterocycles. The summed E-state index contributed by atoms with van der Waals surface area (Å²) in [5.41, 5.74) is 4.24. The van der Waals surface area contributed by atoms with Crippen LogP contribution in [0.4, 0.5) is 10.5 Å². The number of urea groups is 1. The molecular weight excluding hydrogens is 316 g/mol. The van der Waals surface area contributed by atoms with Gasteiger partial charge in [0.25, 0.3) is 0 Å². The fourth-order valence-electron chi connectivity index (χ4n) is 3.26. The van der Waals surface area contributed by atoms with E-state index < -0.39 is 0 Å². The molecule has 1 aliphatic rings. The Morgan fingerprint density at radius 3 is 2.68 bits per heavy atom. The van der Waals surface area contributed by atoms with Crippen LogP contribution in [0.25, 0.3) is 0 Å². The Labute approximate surface area is 148 Å². The van der Waals surface area contributed by atoms with Crippen molar-refractivity contribution in [3.8, 4) is 5.75 Å². The molecule has 2 amide bonds. The number of amides is 2. The summed E-state index contributed by atoms with van der Waals surface area (Å²) in [4.78, 5) is 14.6. The van der Waals surface area contributed by atoms with E-state index in [1.807, 2.05) is 41.3 Å². The Hall–Kier alpha value is -2.53. The molecule has 0 radical (unpaired) electrons. The lowest BCUT2D eigenvalue weighted by molar-refractivity contribution is 0.185. The van der Waals surface area contributed by atoms with E-state index in [1.165, 1.54) is 11.1 Å². The summed E-state index contributed by atoms with van der Waals surface area (Å²) >= 11 is 0. The first kappa shape index (κ1) is 17.3. The third kappa shape index (κ3) is 3.94. The smallest absolute Gasteiger partial charge is 0.321 e. The molecule has 1 N–H and O–H groups in total. The molecule has 0 bridgehead atoms. The standard InChI is InChI=1S/C20H24N2O3/c1-24-14-16-6-3-4-8-18(16)21-20(23)22-12-10-15-7-5-9-19(25-2)17(15)11-13-22/h3-9H,10-14H2,1-2H3,(H,21,23). The highest BCUT2D eigenvalue weighted by Gasteiger charge is 2.21. The maximum atomic E-state index is 12.7. The minimum atomic E-state index is -0.0738. The first-order chi connectivity index (χ1) is 12.2. The van der Waals surface area contributed by atoms with Crippen molar-refractivity contribution in [1.29, 1.82) is 0 Å². The van der Waals surface area contributed by atoms with E-state index in [-0.39, 0.29) is 6.03 Å². The Morgan fingerprint density at radius 2 is 1.88 bits per heavy atom. The number of ether oxygens (including phenoxy) is 2. The molecule has 0 spiro atoms. The Kier molecular flexibility index (Phi) is 5.56. The molecule has 3 rings (SSSR count). The van der Waals surface area contributed by atoms with E-state index in [1.54, 1.807) is 14.2 Å². The van der Waals surface area contributed by atoms with Crippen molar-refractivity contribution in [3.05, 3.63) is 59.2 Å². The average Bonchev–Trinajstić information content (AvgIpc) is 2.86. The minimum absolute atomic E-state index is 0.0738. The van der Waals surface area contributed by atoms with Gasteiger partial charge >= 0.3 is 6.03 Å². The van der Waals surface area contributed by atoms with Gasteiger partial charge in [0.2, 0.25) is 0 Å². The summed E-state index contributed by atoms with van der Waals surface area (Å²) in [5, 5.41) is 3.02. The minimum Gasteiger partial charge on any atom is -0.496 e. The predicted octanol–water partition coefficient (Wildman–Crippen LogP) is 3.47. The van der Waals surface area contributed by atoms with E-state index in [0.29, 0.717) is 19.7 Å². The summed E-state index contributed by atoms with van der Waals surface area (Å²) in [5.74, 6) is 0.908. The van der Waals surface area contributed by atoms with Gasteiger partial charge < -0.3 is 19.7 Å². The van der Waals surface area contributed by atoms with E-state index in [0.717, 1.165) is 29.8 Å². The fourth-order valence-corrected chi connectivity index (χ4v) is 3.26. The number of benzene rings is 2. The van der Waals surface area contributed by atoms with Crippen molar-refractivity contribution in [2.75, 3.05) is 32.6 Å². The number of hydrogen-bond acceptors (Lipinski definition) is 3. The van der Waals surface area contributed by atoms with Crippen LogP contribution in [0.1, 0.15) is 16.7 Å². The molecule has 0 saturated carbocycles. The molecule has 0 atom stereocenters. The first-order valence-electron chi connectivity index (χ1n) is 8.50. The molecule has 5 nitrogen and oxygen atoms in total. The van der Waals surface area contributed by atoms with Crippen LogP contribution in [0, 0.1) is 0 Å². The molecule has 2 aromatic rings. The van der Waals surface area contributed by atoms with Crippen molar-refractivity contribution in [2.24, 2.45) is 0 Å². The Balaban J connectivity index is 1.71. The van der Waals surface area contributed by atoms with Gasteiger partial charge in [-0.1, -0.05) is 30.3 Å². The maximum Gasteiger partial charge on any atom is 0.321 e. The quantitative estimate of drug-likeness (QED) is 0.927. The molecule has 25 heavy (non-hydrogen) atoms. The molecule has 0 aliphatic carbocycles. The van der Waals surface area contributed by atoms with Gasteiger partial charge in [-0.25, -0.2) is 4.79 Å². The van der Waals surface area contributed by atoms with Crippen LogP contribution >= 0.6 is 0 Å². The summed E-state index contributed by atoms with van der Waals surface area (Å²) < 4.78 is 10.7. The average molecular weight is 340 g/mol. The summed E-state index contributed by atoms with van der Waals surface area (Å²) in [7, 11) is 3.34. The molecule has 0 fully saturated rings. The van der Waals surface area contributed by atoms with Crippen LogP contribution in [0.3, 0.4) is 0 Å². The summed E-state index contributed by atoms with van der Waals surface area (Å²) in [6, 6.07) is 13.8. The van der Waals surface area contributed by atoms with E-state index >= 15 is 0 Å². The molecule has 1 heterocycles. The third-order valence-corrected chi connectivity index (χ3v) is 4.58. The number of nitrogens with one attached hydrogen (secondary N) is 1. The van der Waals surface area contributed by atoms with Gasteiger partial charge in [-0.05, 0) is 36.1 Å². The maximum absolute atomic E-state index is 12.7. The van der Waals surface area contributed by atoms with Gasteiger partial charge in [-0.2, -0.15) is 0 Å². The van der Waals surface area contributed by atoms with Crippen LogP contribution in [-0.4, -0.2) is 38.2 Å². The van der Waals surface area contributed by atoms with Gasteiger partial charge in [-0.3, -0.25) is 0 Å². The lowest BCUT2D eigenvalue weighted by atomic mass is 10.0. The number of hydrogen-bond donors (Lipinski definition) is 1. The van der Waals surface area contributed by atoms with Crippen molar-refractivity contribution in [1.82, 2.24) is 4.90 Å². The van der Waals surface area contributed by atoms with E-state index in [9.17, 15) is 4.79 Å². The van der Waals surface area contributed by atoms with Crippen LogP contribution in [0.2, 0.25) is 0 Å². The lowest BCUT2D eigenvalue weighted by Gasteiger charge is -2.21. The molecule has 132 valence electrons. The van der Waals surface area contributed by atoms with Crippen molar-refractivity contribution in [3.63, 3.8) is 0 Å². The zero-order chi connectivity index (χ0) is 17.6. The van der Waals surface area contributed by atoms with Gasteiger partial charge in [0.1, 0.15) is 5.75 Å². The first-order valence-corrected chi connectivity index (χ1v) is 8.50.